The lowest BCUT2D eigenvalue weighted by Crippen LogP contribution is -2.37. The topological polar surface area (TPSA) is 21.1 Å². The third-order valence-electron chi connectivity index (χ3n) is 3.86. The number of imidazole rings is 1. The van der Waals surface area contributed by atoms with Crippen molar-refractivity contribution in [1.82, 2.24) is 14.5 Å². The van der Waals surface area contributed by atoms with Gasteiger partial charge >= 0.3 is 0 Å². The summed E-state index contributed by atoms with van der Waals surface area (Å²) < 4.78 is 2.22. The number of rotatable bonds is 4. The molecule has 0 spiro atoms. The van der Waals surface area contributed by atoms with Crippen LogP contribution < -0.4 is 0 Å². The minimum absolute atomic E-state index is 0.327. The molecule has 17 heavy (non-hydrogen) atoms. The normalized spacial score (nSPS) is 20.6. The van der Waals surface area contributed by atoms with Crippen LogP contribution in [0.4, 0.5) is 0 Å². The Kier molecular flexibility index (Phi) is 4.46. The molecule has 1 fully saturated rings. The first-order chi connectivity index (χ1) is 8.16. The number of aryl methyl sites for hydroxylation is 1. The van der Waals surface area contributed by atoms with Crippen LogP contribution in [0.15, 0.2) is 12.4 Å². The minimum Gasteiger partial charge on any atom is -0.334 e. The Labute approximate surface area is 109 Å². The van der Waals surface area contributed by atoms with Crippen LogP contribution >= 0.6 is 11.6 Å². The number of likely N-dealkylation sites (tertiary alicyclic amines) is 1. The molecular weight excluding hydrogens is 234 g/mol. The van der Waals surface area contributed by atoms with Gasteiger partial charge in [0.1, 0.15) is 5.82 Å². The maximum absolute atomic E-state index is 6.15. The van der Waals surface area contributed by atoms with Crippen LogP contribution in [0.3, 0.4) is 0 Å². The fourth-order valence-electron chi connectivity index (χ4n) is 2.53. The summed E-state index contributed by atoms with van der Waals surface area (Å²) in [5, 5.41) is 0.327. The number of piperidine rings is 1. The fourth-order valence-corrected chi connectivity index (χ4v) is 2.78. The monoisotopic (exact) mass is 255 g/mol. The van der Waals surface area contributed by atoms with E-state index in [-0.39, 0.29) is 0 Å². The number of halogens is 1. The minimum atomic E-state index is 0.327. The summed E-state index contributed by atoms with van der Waals surface area (Å²) in [5.74, 6) is 1.82. The standard InChI is InChI=1S/C13H22ClN3/c1-11(14)13-3-6-16(7-4-13)9-10-17-8-5-15-12(17)2/h5,8,11,13H,3-4,6-7,9-10H2,1-2H3. The maximum atomic E-state index is 6.15. The van der Waals surface area contributed by atoms with Crippen molar-refractivity contribution in [3.8, 4) is 0 Å². The van der Waals surface area contributed by atoms with E-state index in [0.29, 0.717) is 11.3 Å². The average Bonchev–Trinajstić information content (AvgIpc) is 2.73. The van der Waals surface area contributed by atoms with Crippen LogP contribution in [0.5, 0.6) is 0 Å². The zero-order valence-electron chi connectivity index (χ0n) is 10.8. The molecule has 96 valence electrons. The van der Waals surface area contributed by atoms with Crippen molar-refractivity contribution in [2.45, 2.75) is 38.6 Å². The number of nitrogens with zero attached hydrogens (tertiary/aromatic N) is 3. The van der Waals surface area contributed by atoms with Gasteiger partial charge in [-0.15, -0.1) is 11.6 Å². The van der Waals surface area contributed by atoms with Crippen LogP contribution in [0.1, 0.15) is 25.6 Å². The van der Waals surface area contributed by atoms with Gasteiger partial charge in [0, 0.05) is 30.9 Å². The molecule has 1 saturated heterocycles. The molecule has 1 aromatic rings. The number of alkyl halides is 1. The zero-order valence-corrected chi connectivity index (χ0v) is 11.5. The quantitative estimate of drug-likeness (QED) is 0.771. The Bertz CT molecular complexity index is 340. The fraction of sp³-hybridized carbons (Fsp3) is 0.769. The highest BCUT2D eigenvalue weighted by Gasteiger charge is 2.22. The molecule has 0 amide bonds. The predicted molar refractivity (Wildman–Crippen MR) is 71.4 cm³/mol. The Morgan fingerprint density at radius 3 is 2.65 bits per heavy atom. The lowest BCUT2D eigenvalue weighted by atomic mass is 9.94. The largest absolute Gasteiger partial charge is 0.334 e. The third kappa shape index (κ3) is 3.46. The molecule has 0 saturated carbocycles. The maximum Gasteiger partial charge on any atom is 0.105 e. The van der Waals surface area contributed by atoms with Crippen molar-refractivity contribution < 1.29 is 0 Å². The first kappa shape index (κ1) is 12.9. The van der Waals surface area contributed by atoms with Gasteiger partial charge in [0.05, 0.1) is 0 Å². The first-order valence-corrected chi connectivity index (χ1v) is 6.94. The summed E-state index contributed by atoms with van der Waals surface area (Å²) in [5.41, 5.74) is 0. The molecule has 4 heteroatoms. The SMILES string of the molecule is Cc1nccn1CCN1CCC(C(C)Cl)CC1. The van der Waals surface area contributed by atoms with Crippen molar-refractivity contribution in [2.24, 2.45) is 5.92 Å². The van der Waals surface area contributed by atoms with Crippen molar-refractivity contribution in [1.29, 1.82) is 0 Å². The predicted octanol–water partition coefficient (Wildman–Crippen LogP) is 2.53. The van der Waals surface area contributed by atoms with Crippen LogP contribution in [0.25, 0.3) is 0 Å². The van der Waals surface area contributed by atoms with Gasteiger partial charge in [-0.3, -0.25) is 0 Å². The van der Waals surface area contributed by atoms with Gasteiger partial charge in [0.15, 0.2) is 0 Å². The van der Waals surface area contributed by atoms with Gasteiger partial charge in [-0.1, -0.05) is 0 Å². The second kappa shape index (κ2) is 5.87. The van der Waals surface area contributed by atoms with Gasteiger partial charge in [0.25, 0.3) is 0 Å². The molecule has 0 bridgehead atoms. The van der Waals surface area contributed by atoms with Crippen molar-refractivity contribution >= 4 is 11.6 Å². The Morgan fingerprint density at radius 2 is 2.12 bits per heavy atom. The van der Waals surface area contributed by atoms with Crippen molar-refractivity contribution in [3.63, 3.8) is 0 Å². The van der Waals surface area contributed by atoms with E-state index in [1.165, 1.54) is 25.9 Å². The number of aromatic nitrogens is 2. The lowest BCUT2D eigenvalue weighted by molar-refractivity contribution is 0.178. The molecule has 0 aromatic carbocycles. The molecule has 3 nitrogen and oxygen atoms in total. The van der Waals surface area contributed by atoms with Crippen molar-refractivity contribution in [2.75, 3.05) is 19.6 Å². The Balaban J connectivity index is 1.74. The van der Waals surface area contributed by atoms with Gasteiger partial charge in [-0.25, -0.2) is 4.98 Å². The molecule has 2 rings (SSSR count). The van der Waals surface area contributed by atoms with E-state index in [2.05, 4.69) is 34.5 Å². The van der Waals surface area contributed by atoms with E-state index in [1.54, 1.807) is 0 Å². The highest BCUT2D eigenvalue weighted by molar-refractivity contribution is 6.20. The highest BCUT2D eigenvalue weighted by atomic mass is 35.5. The third-order valence-corrected chi connectivity index (χ3v) is 4.22. The number of hydrogen-bond donors (Lipinski definition) is 0. The molecule has 0 aliphatic carbocycles. The van der Waals surface area contributed by atoms with Crippen molar-refractivity contribution in [3.05, 3.63) is 18.2 Å². The summed E-state index contributed by atoms with van der Waals surface area (Å²) in [6, 6.07) is 0. The van der Waals surface area contributed by atoms with E-state index >= 15 is 0 Å². The van der Waals surface area contributed by atoms with Crippen LogP contribution in [-0.4, -0.2) is 39.5 Å². The Hall–Kier alpha value is -0.540. The summed E-state index contributed by atoms with van der Waals surface area (Å²) in [7, 11) is 0. The summed E-state index contributed by atoms with van der Waals surface area (Å²) in [4.78, 5) is 6.78. The zero-order chi connectivity index (χ0) is 12.3. The molecular formula is C13H22ClN3. The summed E-state index contributed by atoms with van der Waals surface area (Å²) >= 11 is 6.15. The molecule has 1 aliphatic heterocycles. The molecule has 1 atom stereocenters. The lowest BCUT2D eigenvalue weighted by Gasteiger charge is -2.33. The second-order valence-corrected chi connectivity index (χ2v) is 5.71. The Morgan fingerprint density at radius 1 is 1.41 bits per heavy atom. The molecule has 2 heterocycles. The molecule has 1 aromatic heterocycles. The van der Waals surface area contributed by atoms with Crippen LogP contribution in [0, 0.1) is 12.8 Å². The molecule has 0 radical (unpaired) electrons. The second-order valence-electron chi connectivity index (χ2n) is 5.02. The number of hydrogen-bond acceptors (Lipinski definition) is 2. The summed E-state index contributed by atoms with van der Waals surface area (Å²) in [6.45, 7) is 8.73. The van der Waals surface area contributed by atoms with Gasteiger partial charge < -0.3 is 9.47 Å². The molecule has 1 unspecified atom stereocenters. The van der Waals surface area contributed by atoms with Gasteiger partial charge in [0.2, 0.25) is 0 Å². The highest BCUT2D eigenvalue weighted by Crippen LogP contribution is 2.23. The first-order valence-electron chi connectivity index (χ1n) is 6.51. The van der Waals surface area contributed by atoms with E-state index < -0.39 is 0 Å². The summed E-state index contributed by atoms with van der Waals surface area (Å²) in [6.07, 6.45) is 6.42. The van der Waals surface area contributed by atoms with E-state index in [0.717, 1.165) is 18.9 Å². The molecule has 0 N–H and O–H groups in total. The van der Waals surface area contributed by atoms with Gasteiger partial charge in [-0.05, 0) is 45.7 Å². The average molecular weight is 256 g/mol. The van der Waals surface area contributed by atoms with E-state index in [4.69, 9.17) is 11.6 Å². The van der Waals surface area contributed by atoms with E-state index in [1.807, 2.05) is 6.20 Å². The van der Waals surface area contributed by atoms with Crippen LogP contribution in [-0.2, 0) is 6.54 Å². The smallest absolute Gasteiger partial charge is 0.105 e. The van der Waals surface area contributed by atoms with E-state index in [9.17, 15) is 0 Å². The van der Waals surface area contributed by atoms with Crippen LogP contribution in [0.2, 0.25) is 0 Å². The molecule has 1 aliphatic rings. The van der Waals surface area contributed by atoms with Gasteiger partial charge in [-0.2, -0.15) is 0 Å².